The van der Waals surface area contributed by atoms with Crippen LogP contribution in [0.1, 0.15) is 39.5 Å². The summed E-state index contributed by atoms with van der Waals surface area (Å²) in [6.45, 7) is 4.37. The van der Waals surface area contributed by atoms with Gasteiger partial charge in [0.2, 0.25) is 0 Å². The minimum Gasteiger partial charge on any atom is -0.481 e. The average Bonchev–Trinajstić information content (AvgIpc) is 2.28. The number of nitrogens with one attached hydrogen (secondary N) is 1. The normalized spacial score (nSPS) is 16.8. The molecule has 0 bridgehead atoms. The SMILES string of the molecule is CC(C)N(CCO)C(=O)NCC1(CC(=O)O)CCC1. The van der Waals surface area contributed by atoms with Gasteiger partial charge in [-0.3, -0.25) is 4.79 Å². The first kappa shape index (κ1) is 15.8. The number of carbonyl (C=O) groups excluding carboxylic acids is 1. The maximum Gasteiger partial charge on any atom is 0.317 e. The van der Waals surface area contributed by atoms with Crippen molar-refractivity contribution in [2.75, 3.05) is 19.7 Å². The summed E-state index contributed by atoms with van der Waals surface area (Å²) in [5.74, 6) is -0.815. The van der Waals surface area contributed by atoms with E-state index in [1.54, 1.807) is 4.90 Å². The van der Waals surface area contributed by atoms with E-state index in [4.69, 9.17) is 10.2 Å². The minimum atomic E-state index is -0.815. The average molecular weight is 272 g/mol. The second-order valence-electron chi connectivity index (χ2n) is 5.59. The summed E-state index contributed by atoms with van der Waals surface area (Å²) in [5.41, 5.74) is -0.274. The van der Waals surface area contributed by atoms with Crippen LogP contribution in [-0.4, -0.2) is 52.9 Å². The highest BCUT2D eigenvalue weighted by Crippen LogP contribution is 2.43. The highest BCUT2D eigenvalue weighted by Gasteiger charge is 2.39. The van der Waals surface area contributed by atoms with Crippen molar-refractivity contribution in [1.82, 2.24) is 10.2 Å². The summed E-state index contributed by atoms with van der Waals surface area (Å²) in [6, 6.07) is -0.232. The van der Waals surface area contributed by atoms with Crippen LogP contribution < -0.4 is 5.32 Å². The minimum absolute atomic E-state index is 0.00367. The molecule has 0 aromatic carbocycles. The number of aliphatic carboxylic acids is 1. The Morgan fingerprint density at radius 2 is 2.00 bits per heavy atom. The van der Waals surface area contributed by atoms with Gasteiger partial charge in [0.1, 0.15) is 0 Å². The van der Waals surface area contributed by atoms with Gasteiger partial charge < -0.3 is 20.4 Å². The van der Waals surface area contributed by atoms with E-state index in [9.17, 15) is 9.59 Å². The quantitative estimate of drug-likeness (QED) is 0.646. The molecule has 0 unspecified atom stereocenters. The number of amides is 2. The summed E-state index contributed by atoms with van der Waals surface area (Å²) < 4.78 is 0. The fourth-order valence-corrected chi connectivity index (χ4v) is 2.48. The van der Waals surface area contributed by atoms with Gasteiger partial charge in [-0.25, -0.2) is 4.79 Å². The first-order valence-corrected chi connectivity index (χ1v) is 6.77. The van der Waals surface area contributed by atoms with Crippen molar-refractivity contribution < 1.29 is 19.8 Å². The molecule has 1 aliphatic carbocycles. The van der Waals surface area contributed by atoms with E-state index in [-0.39, 0.29) is 37.1 Å². The van der Waals surface area contributed by atoms with Gasteiger partial charge in [-0.05, 0) is 32.1 Å². The second kappa shape index (κ2) is 6.75. The second-order valence-corrected chi connectivity index (χ2v) is 5.59. The summed E-state index contributed by atoms with van der Waals surface area (Å²) in [7, 11) is 0. The molecule has 6 nitrogen and oxygen atoms in total. The van der Waals surface area contributed by atoms with Gasteiger partial charge in [-0.15, -0.1) is 0 Å². The molecule has 0 atom stereocenters. The molecule has 0 aromatic rings. The number of hydrogen-bond acceptors (Lipinski definition) is 3. The van der Waals surface area contributed by atoms with Crippen LogP contribution in [0.5, 0.6) is 0 Å². The van der Waals surface area contributed by atoms with Crippen molar-refractivity contribution in [2.24, 2.45) is 5.41 Å². The predicted molar refractivity (Wildman–Crippen MR) is 70.9 cm³/mol. The number of aliphatic hydroxyl groups excluding tert-OH is 1. The largest absolute Gasteiger partial charge is 0.481 e. The van der Waals surface area contributed by atoms with Crippen LogP contribution in [0.3, 0.4) is 0 Å². The number of carboxylic acid groups (broad SMARTS) is 1. The lowest BCUT2D eigenvalue weighted by molar-refractivity contribution is -0.141. The van der Waals surface area contributed by atoms with Gasteiger partial charge >= 0.3 is 12.0 Å². The number of aliphatic hydroxyl groups is 1. The predicted octanol–water partition coefficient (Wildman–Crippen LogP) is 1.04. The van der Waals surface area contributed by atoms with Crippen LogP contribution in [0, 0.1) is 5.41 Å². The molecule has 0 aliphatic heterocycles. The van der Waals surface area contributed by atoms with Crippen LogP contribution in [-0.2, 0) is 4.79 Å². The van der Waals surface area contributed by atoms with E-state index >= 15 is 0 Å². The van der Waals surface area contributed by atoms with E-state index in [1.165, 1.54) is 0 Å². The Bertz CT molecular complexity index is 327. The molecule has 1 aliphatic rings. The summed E-state index contributed by atoms with van der Waals surface area (Å²) in [4.78, 5) is 24.4. The number of rotatable bonds is 7. The van der Waals surface area contributed by atoms with Gasteiger partial charge in [-0.2, -0.15) is 0 Å². The molecule has 6 heteroatoms. The third kappa shape index (κ3) is 4.38. The van der Waals surface area contributed by atoms with Crippen molar-refractivity contribution in [2.45, 2.75) is 45.6 Å². The third-order valence-electron chi connectivity index (χ3n) is 3.78. The Labute approximate surface area is 113 Å². The number of carboxylic acids is 1. The maximum absolute atomic E-state index is 12.0. The van der Waals surface area contributed by atoms with Crippen LogP contribution in [0.25, 0.3) is 0 Å². The number of carbonyl (C=O) groups is 2. The molecular formula is C13H24N2O4. The van der Waals surface area contributed by atoms with Crippen molar-refractivity contribution >= 4 is 12.0 Å². The van der Waals surface area contributed by atoms with E-state index in [1.807, 2.05) is 13.8 Å². The summed E-state index contributed by atoms with van der Waals surface area (Å²) in [6.07, 6.45) is 2.82. The fourth-order valence-electron chi connectivity index (χ4n) is 2.48. The Hall–Kier alpha value is -1.30. The van der Waals surface area contributed by atoms with Crippen molar-refractivity contribution in [3.8, 4) is 0 Å². The van der Waals surface area contributed by atoms with E-state index < -0.39 is 5.97 Å². The standard InChI is InChI=1S/C13H24N2O4/c1-10(2)15(6-7-16)12(19)14-9-13(4-3-5-13)8-11(17)18/h10,16H,3-9H2,1-2H3,(H,14,19)(H,17,18). The smallest absolute Gasteiger partial charge is 0.317 e. The lowest BCUT2D eigenvalue weighted by atomic mass is 9.66. The monoisotopic (exact) mass is 272 g/mol. The van der Waals surface area contributed by atoms with E-state index in [0.717, 1.165) is 19.3 Å². The van der Waals surface area contributed by atoms with Gasteiger partial charge in [-0.1, -0.05) is 6.42 Å². The number of urea groups is 1. The van der Waals surface area contributed by atoms with Crippen LogP contribution in [0.4, 0.5) is 4.79 Å². The van der Waals surface area contributed by atoms with E-state index in [2.05, 4.69) is 5.32 Å². The molecule has 110 valence electrons. The summed E-state index contributed by atoms with van der Waals surface area (Å²) >= 11 is 0. The molecule has 19 heavy (non-hydrogen) atoms. The molecule has 1 fully saturated rings. The highest BCUT2D eigenvalue weighted by atomic mass is 16.4. The molecule has 1 saturated carbocycles. The number of hydrogen-bond donors (Lipinski definition) is 3. The molecule has 0 aromatic heterocycles. The Kier molecular flexibility index (Phi) is 5.60. The first-order chi connectivity index (χ1) is 8.90. The van der Waals surface area contributed by atoms with Crippen LogP contribution in [0.15, 0.2) is 0 Å². The molecule has 3 N–H and O–H groups in total. The number of nitrogens with zero attached hydrogens (tertiary/aromatic N) is 1. The van der Waals surface area contributed by atoms with Gasteiger partial charge in [0.25, 0.3) is 0 Å². The topological polar surface area (TPSA) is 89.9 Å². The lowest BCUT2D eigenvalue weighted by Gasteiger charge is -2.41. The Balaban J connectivity index is 2.49. The molecule has 1 rings (SSSR count). The van der Waals surface area contributed by atoms with Gasteiger partial charge in [0.05, 0.1) is 13.0 Å². The molecule has 2 amide bonds. The van der Waals surface area contributed by atoms with Crippen molar-refractivity contribution in [3.63, 3.8) is 0 Å². The van der Waals surface area contributed by atoms with Gasteiger partial charge in [0, 0.05) is 19.1 Å². The third-order valence-corrected chi connectivity index (χ3v) is 3.78. The molecule has 0 radical (unpaired) electrons. The maximum atomic E-state index is 12.0. The lowest BCUT2D eigenvalue weighted by Crippen LogP contribution is -2.50. The van der Waals surface area contributed by atoms with Crippen LogP contribution >= 0.6 is 0 Å². The van der Waals surface area contributed by atoms with Gasteiger partial charge in [0.15, 0.2) is 0 Å². The Morgan fingerprint density at radius 3 is 2.37 bits per heavy atom. The zero-order chi connectivity index (χ0) is 14.5. The molecule has 0 saturated heterocycles. The van der Waals surface area contributed by atoms with Crippen molar-refractivity contribution in [3.05, 3.63) is 0 Å². The Morgan fingerprint density at radius 1 is 1.37 bits per heavy atom. The zero-order valence-corrected chi connectivity index (χ0v) is 11.7. The molecule has 0 heterocycles. The molecule has 0 spiro atoms. The highest BCUT2D eigenvalue weighted by molar-refractivity contribution is 5.74. The zero-order valence-electron chi connectivity index (χ0n) is 11.7. The summed E-state index contributed by atoms with van der Waals surface area (Å²) in [5, 5.41) is 20.7. The molecular weight excluding hydrogens is 248 g/mol. The van der Waals surface area contributed by atoms with E-state index in [0.29, 0.717) is 6.54 Å². The first-order valence-electron chi connectivity index (χ1n) is 6.77. The van der Waals surface area contributed by atoms with Crippen molar-refractivity contribution in [1.29, 1.82) is 0 Å². The van der Waals surface area contributed by atoms with Crippen LogP contribution in [0.2, 0.25) is 0 Å². The fraction of sp³-hybridized carbons (Fsp3) is 0.846.